The number of carboxylic acid groups (broad SMARTS) is 1. The second-order valence-corrected chi connectivity index (χ2v) is 4.79. The quantitative estimate of drug-likeness (QED) is 0.700. The van der Waals surface area contributed by atoms with E-state index in [1.807, 2.05) is 0 Å². The van der Waals surface area contributed by atoms with Crippen LogP contribution in [-0.2, 0) is 14.3 Å². The van der Waals surface area contributed by atoms with Gasteiger partial charge in [0.05, 0.1) is 0 Å². The Bertz CT molecular complexity index is 355. The average Bonchev–Trinajstić information content (AvgIpc) is 1.97. The molecule has 0 amide bonds. The van der Waals surface area contributed by atoms with E-state index in [4.69, 9.17) is 9.84 Å². The van der Waals surface area contributed by atoms with E-state index in [0.29, 0.717) is 6.42 Å². The highest BCUT2D eigenvalue weighted by atomic mass is 16.6. The lowest BCUT2D eigenvalue weighted by Crippen LogP contribution is -2.46. The minimum Gasteiger partial charge on any atom is -0.479 e. The SMILES string of the molecule is CC1=CC(=O)O[C@@](C)(C[C@](C)(O)C(=O)O)C1. The molecule has 0 saturated heterocycles. The molecule has 2 N–H and O–H groups in total. The molecule has 0 radical (unpaired) electrons. The third-order valence-electron chi connectivity index (χ3n) is 2.54. The van der Waals surface area contributed by atoms with Crippen LogP contribution in [0.5, 0.6) is 0 Å². The molecule has 0 aromatic carbocycles. The van der Waals surface area contributed by atoms with Gasteiger partial charge in [0.25, 0.3) is 0 Å². The van der Waals surface area contributed by atoms with Crippen LogP contribution in [0.25, 0.3) is 0 Å². The Labute approximate surface area is 93.7 Å². The molecule has 1 aliphatic heterocycles. The zero-order valence-corrected chi connectivity index (χ0v) is 9.61. The third-order valence-corrected chi connectivity index (χ3v) is 2.54. The second kappa shape index (κ2) is 3.90. The molecule has 1 heterocycles. The maximum Gasteiger partial charge on any atom is 0.335 e. The molecule has 0 aromatic rings. The van der Waals surface area contributed by atoms with E-state index in [2.05, 4.69) is 0 Å². The first-order chi connectivity index (χ1) is 7.15. The summed E-state index contributed by atoms with van der Waals surface area (Å²) in [7, 11) is 0. The Morgan fingerprint density at radius 2 is 2.25 bits per heavy atom. The molecule has 0 bridgehead atoms. The summed E-state index contributed by atoms with van der Waals surface area (Å²) in [6.45, 7) is 4.59. The summed E-state index contributed by atoms with van der Waals surface area (Å²) >= 11 is 0. The number of carbonyl (C=O) groups excluding carboxylic acids is 1. The number of cyclic esters (lactones) is 1. The molecule has 0 aromatic heterocycles. The normalized spacial score (nSPS) is 29.0. The number of aliphatic hydroxyl groups is 1. The van der Waals surface area contributed by atoms with Crippen molar-refractivity contribution in [1.82, 2.24) is 0 Å². The van der Waals surface area contributed by atoms with E-state index >= 15 is 0 Å². The third kappa shape index (κ3) is 2.82. The maximum atomic E-state index is 11.2. The Hall–Kier alpha value is -1.36. The van der Waals surface area contributed by atoms with Gasteiger partial charge in [-0.15, -0.1) is 0 Å². The van der Waals surface area contributed by atoms with Crippen LogP contribution in [-0.4, -0.2) is 33.4 Å². The van der Waals surface area contributed by atoms with Gasteiger partial charge in [-0.2, -0.15) is 0 Å². The minimum atomic E-state index is -1.90. The van der Waals surface area contributed by atoms with Crippen molar-refractivity contribution in [3.63, 3.8) is 0 Å². The molecule has 1 aliphatic rings. The van der Waals surface area contributed by atoms with Gasteiger partial charge in [-0.05, 0) is 20.8 Å². The maximum absolute atomic E-state index is 11.2. The highest BCUT2D eigenvalue weighted by Crippen LogP contribution is 2.33. The van der Waals surface area contributed by atoms with Crippen LogP contribution >= 0.6 is 0 Å². The van der Waals surface area contributed by atoms with E-state index in [9.17, 15) is 14.7 Å². The number of carbonyl (C=O) groups is 2. The molecule has 2 atom stereocenters. The van der Waals surface area contributed by atoms with Gasteiger partial charge in [-0.3, -0.25) is 0 Å². The summed E-state index contributed by atoms with van der Waals surface area (Å²) in [6.07, 6.45) is 1.67. The Morgan fingerprint density at radius 1 is 1.69 bits per heavy atom. The smallest absolute Gasteiger partial charge is 0.335 e. The zero-order valence-electron chi connectivity index (χ0n) is 9.61. The summed E-state index contributed by atoms with van der Waals surface area (Å²) in [5.74, 6) is -1.82. The van der Waals surface area contributed by atoms with Gasteiger partial charge < -0.3 is 14.9 Å². The van der Waals surface area contributed by atoms with E-state index in [1.54, 1.807) is 13.8 Å². The monoisotopic (exact) mass is 228 g/mol. The lowest BCUT2D eigenvalue weighted by molar-refractivity contribution is -0.173. The van der Waals surface area contributed by atoms with Crippen molar-refractivity contribution in [1.29, 1.82) is 0 Å². The number of ether oxygens (including phenoxy) is 1. The van der Waals surface area contributed by atoms with Gasteiger partial charge in [0.2, 0.25) is 0 Å². The largest absolute Gasteiger partial charge is 0.479 e. The molecular weight excluding hydrogens is 212 g/mol. The van der Waals surface area contributed by atoms with Crippen molar-refractivity contribution in [2.75, 3.05) is 0 Å². The number of hydrogen-bond acceptors (Lipinski definition) is 4. The summed E-state index contributed by atoms with van der Waals surface area (Å²) in [6, 6.07) is 0. The van der Waals surface area contributed by atoms with Crippen molar-refractivity contribution in [3.8, 4) is 0 Å². The summed E-state index contributed by atoms with van der Waals surface area (Å²) in [5.41, 5.74) is -2.04. The predicted molar refractivity (Wildman–Crippen MR) is 55.7 cm³/mol. The van der Waals surface area contributed by atoms with Crippen molar-refractivity contribution < 1.29 is 24.5 Å². The molecule has 0 fully saturated rings. The van der Waals surface area contributed by atoms with E-state index < -0.39 is 23.1 Å². The van der Waals surface area contributed by atoms with E-state index in [1.165, 1.54) is 13.0 Å². The number of carboxylic acids is 1. The van der Waals surface area contributed by atoms with Crippen molar-refractivity contribution >= 4 is 11.9 Å². The fraction of sp³-hybridized carbons (Fsp3) is 0.636. The number of rotatable bonds is 3. The molecule has 0 spiro atoms. The summed E-state index contributed by atoms with van der Waals surface area (Å²) in [5, 5.41) is 18.5. The first-order valence-corrected chi connectivity index (χ1v) is 5.01. The Kier molecular flexibility index (Phi) is 3.10. The van der Waals surface area contributed by atoms with Crippen LogP contribution in [0.4, 0.5) is 0 Å². The predicted octanol–water partition coefficient (Wildman–Crippen LogP) is 0.864. The summed E-state index contributed by atoms with van der Waals surface area (Å²) in [4.78, 5) is 22.0. The molecule has 16 heavy (non-hydrogen) atoms. The average molecular weight is 228 g/mol. The van der Waals surface area contributed by atoms with Crippen LogP contribution in [0.1, 0.15) is 33.6 Å². The van der Waals surface area contributed by atoms with E-state index in [0.717, 1.165) is 5.57 Å². The van der Waals surface area contributed by atoms with Crippen molar-refractivity contribution in [2.24, 2.45) is 0 Å². The fourth-order valence-corrected chi connectivity index (χ4v) is 2.05. The van der Waals surface area contributed by atoms with Crippen LogP contribution in [0.15, 0.2) is 11.6 Å². The van der Waals surface area contributed by atoms with Crippen molar-refractivity contribution in [3.05, 3.63) is 11.6 Å². The molecule has 5 nitrogen and oxygen atoms in total. The second-order valence-electron chi connectivity index (χ2n) is 4.79. The fourth-order valence-electron chi connectivity index (χ4n) is 2.05. The van der Waals surface area contributed by atoms with Gasteiger partial charge in [-0.25, -0.2) is 9.59 Å². The number of hydrogen-bond donors (Lipinski definition) is 2. The zero-order chi connectivity index (χ0) is 12.6. The Balaban J connectivity index is 2.85. The van der Waals surface area contributed by atoms with Gasteiger partial charge in [-0.1, -0.05) is 5.57 Å². The van der Waals surface area contributed by atoms with Crippen molar-refractivity contribution in [2.45, 2.75) is 44.8 Å². The topological polar surface area (TPSA) is 83.8 Å². The van der Waals surface area contributed by atoms with Crippen LogP contribution < -0.4 is 0 Å². The first-order valence-electron chi connectivity index (χ1n) is 5.01. The summed E-state index contributed by atoms with van der Waals surface area (Å²) < 4.78 is 5.09. The Morgan fingerprint density at radius 3 is 2.69 bits per heavy atom. The molecule has 0 aliphatic carbocycles. The first kappa shape index (κ1) is 12.7. The molecule has 90 valence electrons. The van der Waals surface area contributed by atoms with E-state index in [-0.39, 0.29) is 6.42 Å². The van der Waals surface area contributed by atoms with Crippen LogP contribution in [0, 0.1) is 0 Å². The van der Waals surface area contributed by atoms with Gasteiger partial charge in [0.1, 0.15) is 5.60 Å². The van der Waals surface area contributed by atoms with Crippen LogP contribution in [0.3, 0.4) is 0 Å². The molecular formula is C11H16O5. The molecule has 1 rings (SSSR count). The number of aliphatic carboxylic acids is 1. The number of esters is 1. The lowest BCUT2D eigenvalue weighted by Gasteiger charge is -2.36. The van der Waals surface area contributed by atoms with Gasteiger partial charge >= 0.3 is 11.9 Å². The van der Waals surface area contributed by atoms with Gasteiger partial charge in [0, 0.05) is 18.9 Å². The standard InChI is InChI=1S/C11H16O5/c1-7-4-8(12)16-10(2,5-7)6-11(3,15)9(13)14/h4,15H,5-6H2,1-3H3,(H,13,14)/t10-,11+/m1/s1. The molecule has 0 saturated carbocycles. The van der Waals surface area contributed by atoms with Gasteiger partial charge in [0.15, 0.2) is 5.60 Å². The highest BCUT2D eigenvalue weighted by Gasteiger charge is 2.43. The highest BCUT2D eigenvalue weighted by molar-refractivity contribution is 5.84. The lowest BCUT2D eigenvalue weighted by atomic mass is 9.84. The minimum absolute atomic E-state index is 0.133. The van der Waals surface area contributed by atoms with Crippen LogP contribution in [0.2, 0.25) is 0 Å². The molecule has 0 unspecified atom stereocenters. The molecule has 5 heteroatoms.